The average Bonchev–Trinajstić information content (AvgIpc) is 2.84. The Morgan fingerprint density at radius 1 is 1.42 bits per heavy atom. The highest BCUT2D eigenvalue weighted by atomic mass is 35.5. The van der Waals surface area contributed by atoms with E-state index in [4.69, 9.17) is 11.6 Å². The van der Waals surface area contributed by atoms with Crippen molar-refractivity contribution in [1.82, 2.24) is 4.90 Å². The number of allylic oxidation sites excluding steroid dienone is 3. The molecule has 1 aromatic rings. The van der Waals surface area contributed by atoms with Gasteiger partial charge in [0, 0.05) is 30.7 Å². The van der Waals surface area contributed by atoms with Crippen molar-refractivity contribution in [2.75, 3.05) is 14.1 Å². The predicted octanol–water partition coefficient (Wildman–Crippen LogP) is 3.79. The third-order valence-electron chi connectivity index (χ3n) is 3.36. The predicted molar refractivity (Wildman–Crippen MR) is 79.3 cm³/mol. The number of halogens is 1. The number of nitrogens with zero attached hydrogens (tertiary/aromatic N) is 1. The first-order chi connectivity index (χ1) is 9.10. The molecule has 19 heavy (non-hydrogen) atoms. The van der Waals surface area contributed by atoms with Crippen LogP contribution in [0.1, 0.15) is 24.3 Å². The molecule has 1 aromatic carbocycles. The molecule has 1 unspecified atom stereocenters. The van der Waals surface area contributed by atoms with E-state index in [0.717, 1.165) is 24.7 Å². The van der Waals surface area contributed by atoms with Crippen molar-refractivity contribution < 1.29 is 4.79 Å². The molecular weight excluding hydrogens is 258 g/mol. The highest BCUT2D eigenvalue weighted by Gasteiger charge is 2.16. The van der Waals surface area contributed by atoms with Crippen molar-refractivity contribution >= 4 is 17.9 Å². The number of carbonyl (C=O) groups is 1. The van der Waals surface area contributed by atoms with Gasteiger partial charge in [-0.05, 0) is 36.6 Å². The fourth-order valence-electron chi connectivity index (χ4n) is 2.28. The van der Waals surface area contributed by atoms with E-state index in [0.29, 0.717) is 5.02 Å². The number of hydrogen-bond acceptors (Lipinski definition) is 2. The average molecular weight is 276 g/mol. The van der Waals surface area contributed by atoms with Crippen molar-refractivity contribution in [3.63, 3.8) is 0 Å². The van der Waals surface area contributed by atoms with Gasteiger partial charge in [0.25, 0.3) is 0 Å². The molecule has 0 spiro atoms. The molecule has 0 aliphatic heterocycles. The summed E-state index contributed by atoms with van der Waals surface area (Å²) in [7, 11) is 4.05. The normalized spacial score (nSPS) is 15.7. The molecule has 3 heteroatoms. The van der Waals surface area contributed by atoms with Crippen molar-refractivity contribution in [2.45, 2.75) is 18.8 Å². The summed E-state index contributed by atoms with van der Waals surface area (Å²) in [6.45, 7) is 0. The smallest absolute Gasteiger partial charge is 0.127 e. The SMILES string of the molecule is CN(C)C1=CCC(CC(C=O)c2cccc(Cl)c2)=C1. The highest BCUT2D eigenvalue weighted by Crippen LogP contribution is 2.29. The molecule has 0 saturated heterocycles. The minimum atomic E-state index is -0.111. The van der Waals surface area contributed by atoms with E-state index in [2.05, 4.69) is 17.1 Å². The Morgan fingerprint density at radius 3 is 2.79 bits per heavy atom. The van der Waals surface area contributed by atoms with E-state index in [1.54, 1.807) is 0 Å². The lowest BCUT2D eigenvalue weighted by Crippen LogP contribution is -2.07. The summed E-state index contributed by atoms with van der Waals surface area (Å²) in [5.74, 6) is -0.111. The van der Waals surface area contributed by atoms with Crippen LogP contribution in [0.15, 0.2) is 47.7 Å². The molecule has 1 aliphatic carbocycles. The minimum Gasteiger partial charge on any atom is -0.378 e. The highest BCUT2D eigenvalue weighted by molar-refractivity contribution is 6.30. The topological polar surface area (TPSA) is 20.3 Å². The summed E-state index contributed by atoms with van der Waals surface area (Å²) in [5, 5.41) is 0.678. The third-order valence-corrected chi connectivity index (χ3v) is 3.60. The zero-order valence-electron chi connectivity index (χ0n) is 11.3. The van der Waals surface area contributed by atoms with E-state index < -0.39 is 0 Å². The molecule has 0 amide bonds. The second-order valence-electron chi connectivity index (χ2n) is 5.03. The monoisotopic (exact) mass is 275 g/mol. The van der Waals surface area contributed by atoms with Crippen LogP contribution in [0.3, 0.4) is 0 Å². The van der Waals surface area contributed by atoms with Crippen LogP contribution in [-0.2, 0) is 4.79 Å². The van der Waals surface area contributed by atoms with Crippen molar-refractivity contribution in [2.24, 2.45) is 0 Å². The Labute approximate surface area is 119 Å². The molecule has 0 aromatic heterocycles. The van der Waals surface area contributed by atoms with Gasteiger partial charge in [0.1, 0.15) is 6.29 Å². The number of benzene rings is 1. The van der Waals surface area contributed by atoms with E-state index in [9.17, 15) is 4.79 Å². The standard InChI is InChI=1S/C16H18ClNO/c1-18(2)16-7-6-12(9-16)8-14(11-19)13-4-3-5-15(17)10-13/h3-5,7,9-11,14H,6,8H2,1-2H3. The summed E-state index contributed by atoms with van der Waals surface area (Å²) in [6, 6.07) is 7.55. The lowest BCUT2D eigenvalue weighted by atomic mass is 9.93. The molecule has 0 heterocycles. The number of likely N-dealkylation sites (N-methyl/N-ethyl adjacent to an activating group) is 1. The molecule has 1 atom stereocenters. The van der Waals surface area contributed by atoms with Crippen molar-refractivity contribution in [3.05, 3.63) is 58.3 Å². The van der Waals surface area contributed by atoms with E-state index in [-0.39, 0.29) is 5.92 Å². The van der Waals surface area contributed by atoms with Gasteiger partial charge in [-0.1, -0.05) is 35.4 Å². The molecule has 0 fully saturated rings. The van der Waals surface area contributed by atoms with Gasteiger partial charge in [0.05, 0.1) is 0 Å². The van der Waals surface area contributed by atoms with Gasteiger partial charge in [0.2, 0.25) is 0 Å². The maximum absolute atomic E-state index is 11.3. The minimum absolute atomic E-state index is 0.111. The quantitative estimate of drug-likeness (QED) is 0.762. The number of aldehydes is 1. The molecule has 1 aliphatic rings. The number of hydrogen-bond donors (Lipinski definition) is 0. The van der Waals surface area contributed by atoms with Crippen LogP contribution in [0.2, 0.25) is 5.02 Å². The Balaban J connectivity index is 2.10. The summed E-state index contributed by atoms with van der Waals surface area (Å²) in [5.41, 5.74) is 3.49. The zero-order valence-corrected chi connectivity index (χ0v) is 12.0. The first kappa shape index (κ1) is 13.9. The summed E-state index contributed by atoms with van der Waals surface area (Å²) in [4.78, 5) is 13.4. The second kappa shape index (κ2) is 6.07. The van der Waals surface area contributed by atoms with E-state index >= 15 is 0 Å². The van der Waals surface area contributed by atoms with Crippen LogP contribution in [0.4, 0.5) is 0 Å². The maximum Gasteiger partial charge on any atom is 0.127 e. The second-order valence-corrected chi connectivity index (χ2v) is 5.47. The third kappa shape index (κ3) is 3.48. The van der Waals surface area contributed by atoms with E-state index in [1.807, 2.05) is 38.4 Å². The number of rotatable bonds is 5. The number of carbonyl (C=O) groups excluding carboxylic acids is 1. The van der Waals surface area contributed by atoms with Crippen LogP contribution in [0, 0.1) is 0 Å². The Bertz CT molecular complexity index is 531. The van der Waals surface area contributed by atoms with Gasteiger partial charge in [-0.3, -0.25) is 0 Å². The van der Waals surface area contributed by atoms with Gasteiger partial charge in [-0.25, -0.2) is 0 Å². The lowest BCUT2D eigenvalue weighted by Gasteiger charge is -2.13. The van der Waals surface area contributed by atoms with Crippen LogP contribution in [-0.4, -0.2) is 25.3 Å². The maximum atomic E-state index is 11.3. The van der Waals surface area contributed by atoms with Crippen molar-refractivity contribution in [3.8, 4) is 0 Å². The summed E-state index contributed by atoms with van der Waals surface area (Å²) < 4.78 is 0. The molecule has 2 nitrogen and oxygen atoms in total. The van der Waals surface area contributed by atoms with Crippen LogP contribution in [0.25, 0.3) is 0 Å². The van der Waals surface area contributed by atoms with Crippen LogP contribution < -0.4 is 0 Å². The van der Waals surface area contributed by atoms with Gasteiger partial charge in [-0.15, -0.1) is 0 Å². The summed E-state index contributed by atoms with van der Waals surface area (Å²) in [6.07, 6.45) is 7.06. The Morgan fingerprint density at radius 2 is 2.21 bits per heavy atom. The molecule has 0 bridgehead atoms. The lowest BCUT2D eigenvalue weighted by molar-refractivity contribution is -0.109. The first-order valence-electron chi connectivity index (χ1n) is 6.38. The summed E-state index contributed by atoms with van der Waals surface area (Å²) >= 11 is 5.98. The Kier molecular flexibility index (Phi) is 4.43. The molecule has 0 N–H and O–H groups in total. The van der Waals surface area contributed by atoms with Gasteiger partial charge < -0.3 is 9.69 Å². The van der Waals surface area contributed by atoms with Gasteiger partial charge >= 0.3 is 0 Å². The Hall–Kier alpha value is -1.54. The van der Waals surface area contributed by atoms with Crippen LogP contribution in [0.5, 0.6) is 0 Å². The molecule has 2 rings (SSSR count). The fraction of sp³-hybridized carbons (Fsp3) is 0.312. The van der Waals surface area contributed by atoms with Crippen molar-refractivity contribution in [1.29, 1.82) is 0 Å². The zero-order chi connectivity index (χ0) is 13.8. The van der Waals surface area contributed by atoms with Gasteiger partial charge in [0.15, 0.2) is 0 Å². The molecule has 0 radical (unpaired) electrons. The molecule has 100 valence electrons. The van der Waals surface area contributed by atoms with Gasteiger partial charge in [-0.2, -0.15) is 0 Å². The molecule has 0 saturated carbocycles. The fourth-order valence-corrected chi connectivity index (χ4v) is 2.48. The first-order valence-corrected chi connectivity index (χ1v) is 6.75. The largest absolute Gasteiger partial charge is 0.378 e. The van der Waals surface area contributed by atoms with Crippen LogP contribution >= 0.6 is 11.6 Å². The van der Waals surface area contributed by atoms with E-state index in [1.165, 1.54) is 11.3 Å². The molecular formula is C16H18ClNO.